The van der Waals surface area contributed by atoms with Gasteiger partial charge in [0.05, 0.1) is 6.33 Å². The first kappa shape index (κ1) is 14.3. The Morgan fingerprint density at radius 1 is 1.32 bits per heavy atom. The highest BCUT2D eigenvalue weighted by Crippen LogP contribution is 2.17. The van der Waals surface area contributed by atoms with Gasteiger partial charge in [-0.05, 0) is 43.5 Å². The molecule has 0 aliphatic carbocycles. The molecule has 0 spiro atoms. The molecule has 3 nitrogen and oxygen atoms in total. The monoisotopic (exact) mass is 321 g/mol. The zero-order valence-corrected chi connectivity index (χ0v) is 12.9. The van der Waals surface area contributed by atoms with Crippen LogP contribution in [0.3, 0.4) is 0 Å². The lowest BCUT2D eigenvalue weighted by Crippen LogP contribution is -2.15. The highest BCUT2D eigenvalue weighted by molar-refractivity contribution is 9.10. The van der Waals surface area contributed by atoms with Crippen molar-refractivity contribution in [1.29, 1.82) is 0 Å². The fourth-order valence-corrected chi connectivity index (χ4v) is 2.37. The van der Waals surface area contributed by atoms with Gasteiger partial charge in [0, 0.05) is 30.0 Å². The molecule has 2 rings (SSSR count). The molecule has 102 valence electrons. The molecule has 4 heteroatoms. The minimum Gasteiger partial charge on any atom is -0.337 e. The lowest BCUT2D eigenvalue weighted by molar-refractivity contribution is 0.568. The summed E-state index contributed by atoms with van der Waals surface area (Å²) in [5, 5.41) is 3.48. The Balaban J connectivity index is 1.60. The van der Waals surface area contributed by atoms with Crippen LogP contribution in [-0.2, 0) is 13.1 Å². The van der Waals surface area contributed by atoms with Crippen molar-refractivity contribution in [3.8, 4) is 0 Å². The number of hydrogen-bond donors (Lipinski definition) is 1. The standard InChI is InChI=1S/C15H20BrN3/c1-13-4-5-14(10-15(13)16)11-17-6-2-3-8-19-9-7-18-12-19/h4-5,7,9-10,12,17H,2-3,6,8,11H2,1H3. The fourth-order valence-electron chi connectivity index (χ4n) is 1.94. The second kappa shape index (κ2) is 7.46. The summed E-state index contributed by atoms with van der Waals surface area (Å²) in [5.41, 5.74) is 2.61. The average molecular weight is 322 g/mol. The molecule has 0 bridgehead atoms. The van der Waals surface area contributed by atoms with Crippen molar-refractivity contribution in [3.05, 3.63) is 52.5 Å². The summed E-state index contributed by atoms with van der Waals surface area (Å²) in [6.45, 7) is 5.15. The van der Waals surface area contributed by atoms with Crippen LogP contribution >= 0.6 is 15.9 Å². The minimum atomic E-state index is 0.934. The number of halogens is 1. The summed E-state index contributed by atoms with van der Waals surface area (Å²) in [7, 11) is 0. The van der Waals surface area contributed by atoms with Gasteiger partial charge >= 0.3 is 0 Å². The van der Waals surface area contributed by atoms with Crippen molar-refractivity contribution >= 4 is 15.9 Å². The maximum absolute atomic E-state index is 4.04. The molecule has 0 unspecified atom stereocenters. The molecule has 0 amide bonds. The van der Waals surface area contributed by atoms with E-state index in [0.29, 0.717) is 0 Å². The molecule has 2 aromatic rings. The molecule has 0 aliphatic heterocycles. The second-order valence-electron chi connectivity index (χ2n) is 4.77. The van der Waals surface area contributed by atoms with Crippen LogP contribution in [0.5, 0.6) is 0 Å². The normalized spacial score (nSPS) is 10.8. The molecule has 0 radical (unpaired) electrons. The summed E-state index contributed by atoms with van der Waals surface area (Å²) >= 11 is 3.57. The van der Waals surface area contributed by atoms with E-state index in [1.54, 1.807) is 0 Å². The van der Waals surface area contributed by atoms with Crippen molar-refractivity contribution in [2.24, 2.45) is 0 Å². The summed E-state index contributed by atoms with van der Waals surface area (Å²) < 4.78 is 3.31. The van der Waals surface area contributed by atoms with E-state index in [2.05, 4.69) is 55.9 Å². The zero-order valence-electron chi connectivity index (χ0n) is 11.3. The van der Waals surface area contributed by atoms with Gasteiger partial charge < -0.3 is 9.88 Å². The van der Waals surface area contributed by atoms with Crippen LogP contribution in [0, 0.1) is 6.92 Å². The Hall–Kier alpha value is -1.13. The number of unbranched alkanes of at least 4 members (excludes halogenated alkanes) is 1. The molecule has 1 aromatic heterocycles. The van der Waals surface area contributed by atoms with Gasteiger partial charge in [-0.1, -0.05) is 28.1 Å². The average Bonchev–Trinajstić information content (AvgIpc) is 2.91. The van der Waals surface area contributed by atoms with Crippen LogP contribution in [0.4, 0.5) is 0 Å². The lowest BCUT2D eigenvalue weighted by Gasteiger charge is -2.07. The first-order chi connectivity index (χ1) is 9.25. The fraction of sp³-hybridized carbons (Fsp3) is 0.400. The predicted molar refractivity (Wildman–Crippen MR) is 82.0 cm³/mol. The Labute approximate surface area is 123 Å². The molecular formula is C15H20BrN3. The highest BCUT2D eigenvalue weighted by Gasteiger charge is 1.97. The molecule has 1 heterocycles. The third-order valence-corrected chi connectivity index (χ3v) is 4.00. The van der Waals surface area contributed by atoms with Gasteiger partial charge in [0.25, 0.3) is 0 Å². The third kappa shape index (κ3) is 4.80. The van der Waals surface area contributed by atoms with Crippen LogP contribution in [0.2, 0.25) is 0 Å². The maximum Gasteiger partial charge on any atom is 0.0945 e. The van der Waals surface area contributed by atoms with Crippen molar-refractivity contribution in [2.75, 3.05) is 6.54 Å². The number of nitrogens with zero attached hydrogens (tertiary/aromatic N) is 2. The SMILES string of the molecule is Cc1ccc(CNCCCCn2ccnc2)cc1Br. The molecule has 0 saturated heterocycles. The quantitative estimate of drug-likeness (QED) is 0.791. The second-order valence-corrected chi connectivity index (χ2v) is 5.62. The van der Waals surface area contributed by atoms with Gasteiger partial charge in [-0.3, -0.25) is 0 Å². The smallest absolute Gasteiger partial charge is 0.0945 e. The third-order valence-electron chi connectivity index (χ3n) is 3.14. The Morgan fingerprint density at radius 3 is 2.95 bits per heavy atom. The number of imidazole rings is 1. The molecule has 0 atom stereocenters. The number of hydrogen-bond acceptors (Lipinski definition) is 2. The van der Waals surface area contributed by atoms with E-state index >= 15 is 0 Å². The Bertz CT molecular complexity index is 494. The summed E-state index contributed by atoms with van der Waals surface area (Å²) in [4.78, 5) is 4.04. The molecule has 0 aliphatic rings. The lowest BCUT2D eigenvalue weighted by atomic mass is 10.1. The highest BCUT2D eigenvalue weighted by atomic mass is 79.9. The Morgan fingerprint density at radius 2 is 2.21 bits per heavy atom. The van der Waals surface area contributed by atoms with Crippen molar-refractivity contribution in [2.45, 2.75) is 32.9 Å². The molecule has 19 heavy (non-hydrogen) atoms. The van der Waals surface area contributed by atoms with E-state index in [1.165, 1.54) is 28.4 Å². The van der Waals surface area contributed by atoms with Crippen molar-refractivity contribution < 1.29 is 0 Å². The van der Waals surface area contributed by atoms with Gasteiger partial charge in [-0.25, -0.2) is 4.98 Å². The predicted octanol–water partition coefficient (Wildman–Crippen LogP) is 3.52. The van der Waals surface area contributed by atoms with E-state index in [4.69, 9.17) is 0 Å². The number of benzene rings is 1. The summed E-state index contributed by atoms with van der Waals surface area (Å²) in [6, 6.07) is 6.52. The molecular weight excluding hydrogens is 302 g/mol. The molecule has 1 N–H and O–H groups in total. The van der Waals surface area contributed by atoms with E-state index in [1.807, 2.05) is 18.7 Å². The molecule has 0 saturated carbocycles. The topological polar surface area (TPSA) is 29.9 Å². The number of aromatic nitrogens is 2. The van der Waals surface area contributed by atoms with Crippen LogP contribution in [0.15, 0.2) is 41.4 Å². The number of rotatable bonds is 7. The number of aryl methyl sites for hydroxylation is 2. The van der Waals surface area contributed by atoms with Crippen molar-refractivity contribution in [1.82, 2.24) is 14.9 Å². The minimum absolute atomic E-state index is 0.934. The zero-order chi connectivity index (χ0) is 13.5. The van der Waals surface area contributed by atoms with Crippen LogP contribution in [0.1, 0.15) is 24.0 Å². The Kier molecular flexibility index (Phi) is 5.61. The van der Waals surface area contributed by atoms with E-state index in [-0.39, 0.29) is 0 Å². The maximum atomic E-state index is 4.04. The van der Waals surface area contributed by atoms with Crippen LogP contribution in [-0.4, -0.2) is 16.1 Å². The van der Waals surface area contributed by atoms with Gasteiger partial charge in [0.2, 0.25) is 0 Å². The summed E-state index contributed by atoms with van der Waals surface area (Å²) in [5.74, 6) is 0. The van der Waals surface area contributed by atoms with Crippen LogP contribution < -0.4 is 5.32 Å². The molecule has 1 aromatic carbocycles. The van der Waals surface area contributed by atoms with E-state index < -0.39 is 0 Å². The molecule has 0 fully saturated rings. The first-order valence-corrected chi connectivity index (χ1v) is 7.46. The number of nitrogens with one attached hydrogen (secondary N) is 1. The first-order valence-electron chi connectivity index (χ1n) is 6.67. The van der Waals surface area contributed by atoms with Crippen LogP contribution in [0.25, 0.3) is 0 Å². The van der Waals surface area contributed by atoms with Gasteiger partial charge in [-0.2, -0.15) is 0 Å². The summed E-state index contributed by atoms with van der Waals surface area (Å²) in [6.07, 6.45) is 8.08. The van der Waals surface area contributed by atoms with E-state index in [0.717, 1.165) is 19.6 Å². The van der Waals surface area contributed by atoms with Gasteiger partial charge in [0.15, 0.2) is 0 Å². The van der Waals surface area contributed by atoms with Crippen molar-refractivity contribution in [3.63, 3.8) is 0 Å². The van der Waals surface area contributed by atoms with E-state index in [9.17, 15) is 0 Å². The largest absolute Gasteiger partial charge is 0.337 e. The van der Waals surface area contributed by atoms with Gasteiger partial charge in [0.1, 0.15) is 0 Å². The van der Waals surface area contributed by atoms with Gasteiger partial charge in [-0.15, -0.1) is 0 Å².